The number of aryl methyl sites for hydroxylation is 1. The summed E-state index contributed by atoms with van der Waals surface area (Å²) in [5.41, 5.74) is 1.44. The van der Waals surface area contributed by atoms with Crippen molar-refractivity contribution in [2.24, 2.45) is 0 Å². The first kappa shape index (κ1) is 15.2. The number of hydrogen-bond acceptors (Lipinski definition) is 3. The molecule has 1 heterocycles. The van der Waals surface area contributed by atoms with Crippen LogP contribution in [0.3, 0.4) is 0 Å². The summed E-state index contributed by atoms with van der Waals surface area (Å²) in [6, 6.07) is 5.03. The molecule has 2 rings (SSSR count). The molecule has 0 fully saturated rings. The minimum atomic E-state index is -0.726. The third kappa shape index (κ3) is 2.67. The lowest BCUT2D eigenvalue weighted by Gasteiger charge is -2.10. The van der Waals surface area contributed by atoms with Crippen molar-refractivity contribution in [3.63, 3.8) is 0 Å². The van der Waals surface area contributed by atoms with E-state index in [1.165, 1.54) is 12.1 Å². The average Bonchev–Trinajstić information content (AvgIpc) is 2.73. The average molecular weight is 311 g/mol. The van der Waals surface area contributed by atoms with Gasteiger partial charge in [-0.25, -0.2) is 4.39 Å². The molecule has 0 aliphatic rings. The fraction of sp³-hybridized carbons (Fsp3) is 0.214. The Morgan fingerprint density at radius 2 is 2.05 bits per heavy atom. The van der Waals surface area contributed by atoms with Crippen LogP contribution in [-0.4, -0.2) is 21.2 Å². The van der Waals surface area contributed by atoms with Gasteiger partial charge in [-0.15, -0.1) is 11.6 Å². The van der Waals surface area contributed by atoms with Crippen molar-refractivity contribution in [3.8, 4) is 5.69 Å². The highest BCUT2D eigenvalue weighted by Gasteiger charge is 2.19. The molecular weight excluding hydrogens is 299 g/mol. The molecule has 0 amide bonds. The van der Waals surface area contributed by atoms with E-state index in [4.69, 9.17) is 11.6 Å². The number of alkyl halides is 1. The van der Waals surface area contributed by atoms with Crippen molar-refractivity contribution in [1.29, 1.82) is 0 Å². The van der Waals surface area contributed by atoms with Crippen LogP contribution in [0.4, 0.5) is 10.1 Å². The molecule has 0 radical (unpaired) electrons. The number of rotatable bonds is 4. The first-order valence-electron chi connectivity index (χ1n) is 6.09. The topological polar surface area (TPSA) is 65.1 Å². The molecule has 0 atom stereocenters. The van der Waals surface area contributed by atoms with Crippen LogP contribution in [0, 0.1) is 29.8 Å². The highest BCUT2D eigenvalue weighted by Crippen LogP contribution is 2.25. The Labute approximate surface area is 125 Å². The Morgan fingerprint density at radius 3 is 2.57 bits per heavy atom. The lowest BCUT2D eigenvalue weighted by molar-refractivity contribution is -0.385. The van der Waals surface area contributed by atoms with Crippen molar-refractivity contribution >= 4 is 23.1 Å². The molecule has 21 heavy (non-hydrogen) atoms. The summed E-state index contributed by atoms with van der Waals surface area (Å²) in [6.45, 7) is 3.40. The third-order valence-corrected chi connectivity index (χ3v) is 3.48. The number of nitrogens with zero attached hydrogens (tertiary/aromatic N) is 2. The van der Waals surface area contributed by atoms with E-state index in [2.05, 4.69) is 0 Å². The van der Waals surface area contributed by atoms with E-state index in [1.807, 2.05) is 0 Å². The maximum absolute atomic E-state index is 14.1. The number of hydrogen-bond donors (Lipinski definition) is 0. The molecule has 1 aromatic carbocycles. The highest BCUT2D eigenvalue weighted by atomic mass is 35.5. The molecule has 2 aromatic rings. The summed E-state index contributed by atoms with van der Waals surface area (Å²) in [4.78, 5) is 21.7. The smallest absolute Gasteiger partial charge is 0.272 e. The maximum atomic E-state index is 14.1. The van der Waals surface area contributed by atoms with Crippen LogP contribution in [0.1, 0.15) is 21.7 Å². The molecule has 0 aliphatic carbocycles. The zero-order valence-corrected chi connectivity index (χ0v) is 12.1. The molecule has 0 unspecified atom stereocenters. The summed E-state index contributed by atoms with van der Waals surface area (Å²) in [6.07, 6.45) is 0. The van der Waals surface area contributed by atoms with Crippen molar-refractivity contribution in [2.75, 3.05) is 5.88 Å². The molecule has 0 spiro atoms. The van der Waals surface area contributed by atoms with Crippen molar-refractivity contribution in [3.05, 3.63) is 57.1 Å². The van der Waals surface area contributed by atoms with E-state index in [0.717, 1.165) is 6.07 Å². The Hall–Kier alpha value is -2.21. The number of ketones is 1. The SMILES string of the molecule is Cc1cc(C(=O)CCl)c(C)n1-c1ccc([N+](=O)[O-])cc1F. The van der Waals surface area contributed by atoms with E-state index >= 15 is 0 Å². The molecule has 0 saturated heterocycles. The monoisotopic (exact) mass is 310 g/mol. The van der Waals surface area contributed by atoms with Gasteiger partial charge in [0.2, 0.25) is 0 Å². The predicted octanol–water partition coefficient (Wildman–Crippen LogP) is 3.56. The van der Waals surface area contributed by atoms with Gasteiger partial charge in [-0.05, 0) is 26.0 Å². The Bertz CT molecular complexity index is 740. The predicted molar refractivity (Wildman–Crippen MR) is 76.9 cm³/mol. The zero-order valence-electron chi connectivity index (χ0n) is 11.4. The second-order valence-electron chi connectivity index (χ2n) is 4.57. The van der Waals surface area contributed by atoms with Gasteiger partial charge in [0.05, 0.1) is 22.6 Å². The zero-order chi connectivity index (χ0) is 15.7. The molecule has 5 nitrogen and oxygen atoms in total. The second-order valence-corrected chi connectivity index (χ2v) is 4.84. The van der Waals surface area contributed by atoms with E-state index in [1.54, 1.807) is 24.5 Å². The quantitative estimate of drug-likeness (QED) is 0.375. The number of halogens is 2. The van der Waals surface area contributed by atoms with Gasteiger partial charge >= 0.3 is 0 Å². The fourth-order valence-corrected chi connectivity index (χ4v) is 2.42. The summed E-state index contributed by atoms with van der Waals surface area (Å²) >= 11 is 5.55. The number of carbonyl (C=O) groups is 1. The van der Waals surface area contributed by atoms with Crippen molar-refractivity contribution in [2.45, 2.75) is 13.8 Å². The van der Waals surface area contributed by atoms with Crippen molar-refractivity contribution in [1.82, 2.24) is 4.57 Å². The van der Waals surface area contributed by atoms with Crippen LogP contribution in [0.25, 0.3) is 5.69 Å². The lowest BCUT2D eigenvalue weighted by atomic mass is 10.2. The van der Waals surface area contributed by atoms with Crippen LogP contribution in [0.2, 0.25) is 0 Å². The van der Waals surface area contributed by atoms with Gasteiger partial charge < -0.3 is 4.57 Å². The summed E-state index contributed by atoms with van der Waals surface area (Å²) in [5.74, 6) is -1.14. The first-order chi connectivity index (χ1) is 9.86. The van der Waals surface area contributed by atoms with Gasteiger partial charge in [-0.3, -0.25) is 14.9 Å². The molecule has 0 saturated carbocycles. The number of nitro groups is 1. The molecule has 0 aliphatic heterocycles. The number of nitro benzene ring substituents is 1. The molecule has 110 valence electrons. The Morgan fingerprint density at radius 1 is 1.38 bits per heavy atom. The van der Waals surface area contributed by atoms with Gasteiger partial charge in [0.15, 0.2) is 11.6 Å². The second kappa shape index (κ2) is 5.65. The third-order valence-electron chi connectivity index (χ3n) is 3.24. The van der Waals surface area contributed by atoms with Crippen LogP contribution >= 0.6 is 11.6 Å². The molecule has 0 N–H and O–H groups in total. The van der Waals surface area contributed by atoms with E-state index in [0.29, 0.717) is 17.0 Å². The number of carbonyl (C=O) groups excluding carboxylic acids is 1. The summed E-state index contributed by atoms with van der Waals surface area (Å²) in [7, 11) is 0. The van der Waals surface area contributed by atoms with Crippen LogP contribution < -0.4 is 0 Å². The number of non-ortho nitro benzene ring substituents is 1. The maximum Gasteiger partial charge on any atom is 0.272 e. The van der Waals surface area contributed by atoms with Gasteiger partial charge in [0.1, 0.15) is 0 Å². The van der Waals surface area contributed by atoms with Crippen LogP contribution in [0.5, 0.6) is 0 Å². The largest absolute Gasteiger partial charge is 0.315 e. The number of aromatic nitrogens is 1. The lowest BCUT2D eigenvalue weighted by Crippen LogP contribution is -2.06. The Balaban J connectivity index is 2.60. The first-order valence-corrected chi connectivity index (χ1v) is 6.62. The van der Waals surface area contributed by atoms with Crippen molar-refractivity contribution < 1.29 is 14.1 Å². The molecule has 7 heteroatoms. The van der Waals surface area contributed by atoms with Gasteiger partial charge in [0.25, 0.3) is 5.69 Å². The highest BCUT2D eigenvalue weighted by molar-refractivity contribution is 6.30. The molecular formula is C14H12ClFN2O3. The van der Waals surface area contributed by atoms with Crippen LogP contribution in [0.15, 0.2) is 24.3 Å². The van der Waals surface area contributed by atoms with E-state index in [9.17, 15) is 19.3 Å². The van der Waals surface area contributed by atoms with Gasteiger partial charge in [-0.2, -0.15) is 0 Å². The normalized spacial score (nSPS) is 10.7. The minimum absolute atomic E-state index is 0.157. The Kier molecular flexibility index (Phi) is 4.09. The fourth-order valence-electron chi connectivity index (χ4n) is 2.28. The van der Waals surface area contributed by atoms with E-state index in [-0.39, 0.29) is 23.0 Å². The summed E-state index contributed by atoms with van der Waals surface area (Å²) < 4.78 is 15.7. The van der Waals surface area contributed by atoms with E-state index < -0.39 is 10.7 Å². The van der Waals surface area contributed by atoms with Gasteiger partial charge in [-0.1, -0.05) is 0 Å². The molecule has 1 aromatic heterocycles. The number of Topliss-reactive ketones (excluding diaryl/α,β-unsaturated/α-hetero) is 1. The van der Waals surface area contributed by atoms with Gasteiger partial charge in [0, 0.05) is 23.0 Å². The minimum Gasteiger partial charge on any atom is -0.315 e. The molecule has 0 bridgehead atoms. The summed E-state index contributed by atoms with van der Waals surface area (Å²) in [5, 5.41) is 10.6. The number of benzene rings is 1. The standard InChI is InChI=1S/C14H12ClFN2O3/c1-8-5-11(14(19)7-15)9(2)17(8)13-4-3-10(18(20)21)6-12(13)16/h3-6H,7H2,1-2H3. The van der Waals surface area contributed by atoms with Crippen LogP contribution in [-0.2, 0) is 0 Å².